The molecular formula is C26H49NO6. The summed E-state index contributed by atoms with van der Waals surface area (Å²) in [6, 6.07) is -0.866. The molecule has 0 aromatic heterocycles. The molecule has 1 amide bonds. The summed E-state index contributed by atoms with van der Waals surface area (Å²) in [5, 5.41) is 32.2. The lowest BCUT2D eigenvalue weighted by atomic mass is 9.97. The van der Waals surface area contributed by atoms with Gasteiger partial charge in [-0.25, -0.2) is 0 Å². The van der Waals surface area contributed by atoms with Gasteiger partial charge in [0.05, 0.1) is 6.61 Å². The molecule has 4 N–H and O–H groups in total. The lowest BCUT2D eigenvalue weighted by Crippen LogP contribution is -2.64. The number of aliphatic hydroxyl groups is 3. The Hall–Kier alpha value is -0.990. The van der Waals surface area contributed by atoms with Crippen LogP contribution in [0, 0.1) is 0 Å². The monoisotopic (exact) mass is 471 g/mol. The van der Waals surface area contributed by atoms with Gasteiger partial charge in [-0.05, 0) is 32.1 Å². The minimum atomic E-state index is -1.28. The maximum Gasteiger partial charge on any atom is 0.217 e. The Balaban J connectivity index is 2.05. The zero-order chi connectivity index (χ0) is 24.3. The summed E-state index contributed by atoms with van der Waals surface area (Å²) in [6.45, 7) is 3.59. The first kappa shape index (κ1) is 30.0. The largest absolute Gasteiger partial charge is 0.394 e. The molecule has 0 aromatic rings. The van der Waals surface area contributed by atoms with E-state index in [1.54, 1.807) is 0 Å². The van der Waals surface area contributed by atoms with Crippen LogP contribution in [0.5, 0.6) is 0 Å². The predicted molar refractivity (Wildman–Crippen MR) is 131 cm³/mol. The second-order valence-electron chi connectivity index (χ2n) is 9.24. The van der Waals surface area contributed by atoms with Crippen LogP contribution in [0.1, 0.15) is 104 Å². The SMILES string of the molecule is CCCCCCCCC=CCCCCCCCCO[C@H]1O[C@H](CO)[C@@H](O)[C@H](O)C1NC(C)=O. The number of ether oxygens (including phenoxy) is 2. The highest BCUT2D eigenvalue weighted by molar-refractivity contribution is 5.73. The molecule has 0 aliphatic carbocycles. The number of aliphatic hydroxyl groups excluding tert-OH is 3. The molecule has 33 heavy (non-hydrogen) atoms. The number of carbonyl (C=O) groups is 1. The van der Waals surface area contributed by atoms with Crippen molar-refractivity contribution < 1.29 is 29.6 Å². The maximum atomic E-state index is 11.4. The van der Waals surface area contributed by atoms with Crippen LogP contribution in [-0.2, 0) is 14.3 Å². The molecule has 1 aliphatic rings. The highest BCUT2D eigenvalue weighted by Gasteiger charge is 2.45. The Morgan fingerprint density at radius 1 is 0.879 bits per heavy atom. The van der Waals surface area contributed by atoms with E-state index in [1.165, 1.54) is 77.6 Å². The van der Waals surface area contributed by atoms with Crippen LogP contribution in [0.3, 0.4) is 0 Å². The van der Waals surface area contributed by atoms with Gasteiger partial charge >= 0.3 is 0 Å². The third kappa shape index (κ3) is 13.5. The van der Waals surface area contributed by atoms with Crippen molar-refractivity contribution in [2.75, 3.05) is 13.2 Å². The van der Waals surface area contributed by atoms with Gasteiger partial charge in [0, 0.05) is 13.5 Å². The van der Waals surface area contributed by atoms with E-state index in [1.807, 2.05) is 0 Å². The summed E-state index contributed by atoms with van der Waals surface area (Å²) in [5.74, 6) is -0.344. The Labute approximate surface area is 200 Å². The zero-order valence-electron chi connectivity index (χ0n) is 20.9. The molecule has 5 atom stereocenters. The number of hydrogen-bond acceptors (Lipinski definition) is 6. The number of hydrogen-bond donors (Lipinski definition) is 4. The quantitative estimate of drug-likeness (QED) is 0.168. The van der Waals surface area contributed by atoms with E-state index in [4.69, 9.17) is 9.47 Å². The normalized spacial score (nSPS) is 25.5. The van der Waals surface area contributed by atoms with Gasteiger partial charge in [0.2, 0.25) is 5.91 Å². The minimum Gasteiger partial charge on any atom is -0.394 e. The molecule has 1 rings (SSSR count). The van der Waals surface area contributed by atoms with E-state index < -0.39 is 37.3 Å². The van der Waals surface area contributed by atoms with Crippen LogP contribution in [0.15, 0.2) is 12.2 Å². The summed E-state index contributed by atoms with van der Waals surface area (Å²) >= 11 is 0. The van der Waals surface area contributed by atoms with Gasteiger partial charge in [0.15, 0.2) is 6.29 Å². The van der Waals surface area contributed by atoms with Gasteiger partial charge in [0.1, 0.15) is 24.4 Å². The van der Waals surface area contributed by atoms with Crippen molar-refractivity contribution in [1.82, 2.24) is 5.32 Å². The number of rotatable bonds is 19. The van der Waals surface area contributed by atoms with Crippen LogP contribution in [0.25, 0.3) is 0 Å². The van der Waals surface area contributed by atoms with Gasteiger partial charge in [-0.15, -0.1) is 0 Å². The maximum absolute atomic E-state index is 11.4. The van der Waals surface area contributed by atoms with Gasteiger partial charge in [-0.3, -0.25) is 4.79 Å². The van der Waals surface area contributed by atoms with E-state index >= 15 is 0 Å². The fourth-order valence-electron chi connectivity index (χ4n) is 4.16. The highest BCUT2D eigenvalue weighted by Crippen LogP contribution is 2.22. The molecule has 1 heterocycles. The van der Waals surface area contributed by atoms with Gasteiger partial charge in [0.25, 0.3) is 0 Å². The summed E-state index contributed by atoms with van der Waals surface area (Å²) in [4.78, 5) is 11.4. The van der Waals surface area contributed by atoms with Crippen molar-refractivity contribution in [3.63, 3.8) is 0 Å². The molecule has 1 aliphatic heterocycles. The number of unbranched alkanes of at least 4 members (excludes halogenated alkanes) is 12. The summed E-state index contributed by atoms with van der Waals surface area (Å²) in [7, 11) is 0. The minimum absolute atomic E-state index is 0.344. The van der Waals surface area contributed by atoms with Gasteiger partial charge in [-0.2, -0.15) is 0 Å². The van der Waals surface area contributed by atoms with E-state index in [-0.39, 0.29) is 5.91 Å². The van der Waals surface area contributed by atoms with Crippen molar-refractivity contribution in [3.05, 3.63) is 12.2 Å². The Morgan fingerprint density at radius 2 is 1.42 bits per heavy atom. The molecule has 0 spiro atoms. The van der Waals surface area contributed by atoms with Crippen molar-refractivity contribution in [3.8, 4) is 0 Å². The Bertz CT molecular complexity index is 515. The molecule has 0 radical (unpaired) electrons. The predicted octanol–water partition coefficient (Wildman–Crippen LogP) is 3.98. The highest BCUT2D eigenvalue weighted by atomic mass is 16.7. The van der Waals surface area contributed by atoms with Crippen LogP contribution >= 0.6 is 0 Å². The third-order valence-corrected chi connectivity index (χ3v) is 6.19. The average Bonchev–Trinajstić information content (AvgIpc) is 2.80. The second kappa shape index (κ2) is 19.3. The standard InChI is InChI=1S/C26H49NO6/c1-3-4-5-6-7-8-9-10-11-12-13-14-15-16-17-18-19-32-26-23(27-21(2)29)25(31)24(30)22(20-28)33-26/h10-11,22-26,28,30-31H,3-9,12-20H2,1-2H3,(H,27,29)/t22-,23?,24-,25-,26+/m1/s1. The lowest BCUT2D eigenvalue weighted by Gasteiger charge is -2.42. The third-order valence-electron chi connectivity index (χ3n) is 6.19. The average molecular weight is 472 g/mol. The molecule has 7 nitrogen and oxygen atoms in total. The molecule has 1 unspecified atom stereocenters. The van der Waals surface area contributed by atoms with Crippen LogP contribution in [0.2, 0.25) is 0 Å². The number of allylic oxidation sites excluding steroid dienone is 2. The van der Waals surface area contributed by atoms with E-state index in [0.717, 1.165) is 19.3 Å². The summed E-state index contributed by atoms with van der Waals surface area (Å²) < 4.78 is 11.3. The van der Waals surface area contributed by atoms with Crippen molar-refractivity contribution in [1.29, 1.82) is 0 Å². The molecule has 1 saturated heterocycles. The van der Waals surface area contributed by atoms with Crippen molar-refractivity contribution in [2.45, 2.75) is 134 Å². The topological polar surface area (TPSA) is 108 Å². The molecule has 0 saturated carbocycles. The molecular weight excluding hydrogens is 422 g/mol. The first-order valence-electron chi connectivity index (χ1n) is 13.2. The fraction of sp³-hybridized carbons (Fsp3) is 0.885. The van der Waals surface area contributed by atoms with E-state index in [0.29, 0.717) is 6.61 Å². The van der Waals surface area contributed by atoms with Crippen LogP contribution < -0.4 is 5.32 Å². The molecule has 7 heteroatoms. The van der Waals surface area contributed by atoms with Crippen LogP contribution in [0.4, 0.5) is 0 Å². The molecule has 1 fully saturated rings. The summed E-state index contributed by atoms with van der Waals surface area (Å²) in [5.41, 5.74) is 0. The van der Waals surface area contributed by atoms with Crippen molar-refractivity contribution in [2.24, 2.45) is 0 Å². The first-order chi connectivity index (χ1) is 16.0. The van der Waals surface area contributed by atoms with E-state index in [2.05, 4.69) is 24.4 Å². The smallest absolute Gasteiger partial charge is 0.217 e. The molecule has 194 valence electrons. The number of nitrogens with one attached hydrogen (secondary N) is 1. The van der Waals surface area contributed by atoms with Gasteiger partial charge in [-0.1, -0.05) is 76.9 Å². The zero-order valence-corrected chi connectivity index (χ0v) is 20.9. The first-order valence-corrected chi connectivity index (χ1v) is 13.2. The van der Waals surface area contributed by atoms with Gasteiger partial charge < -0.3 is 30.1 Å². The molecule has 0 aromatic carbocycles. The number of amides is 1. The lowest BCUT2D eigenvalue weighted by molar-refractivity contribution is -0.270. The van der Waals surface area contributed by atoms with Crippen LogP contribution in [-0.4, -0.2) is 65.1 Å². The second-order valence-corrected chi connectivity index (χ2v) is 9.24. The Kier molecular flexibility index (Phi) is 17.6. The number of carbonyl (C=O) groups excluding carboxylic acids is 1. The fourth-order valence-corrected chi connectivity index (χ4v) is 4.16. The van der Waals surface area contributed by atoms with Crippen molar-refractivity contribution >= 4 is 5.91 Å². The molecule has 0 bridgehead atoms. The van der Waals surface area contributed by atoms with E-state index in [9.17, 15) is 20.1 Å². The summed E-state index contributed by atoms with van der Waals surface area (Å²) in [6.07, 6.45) is 17.5. The Morgan fingerprint density at radius 3 is 1.97 bits per heavy atom.